The van der Waals surface area contributed by atoms with E-state index in [0.717, 1.165) is 16.5 Å². The summed E-state index contributed by atoms with van der Waals surface area (Å²) in [5.41, 5.74) is 2.19. The van der Waals surface area contributed by atoms with E-state index in [1.54, 1.807) is 18.3 Å². The Labute approximate surface area is 172 Å². The average molecular weight is 401 g/mol. The van der Waals surface area contributed by atoms with Crippen molar-refractivity contribution in [2.24, 2.45) is 0 Å². The summed E-state index contributed by atoms with van der Waals surface area (Å²) in [7, 11) is 0. The highest BCUT2D eigenvalue weighted by Gasteiger charge is 2.24. The minimum absolute atomic E-state index is 0.102. The predicted octanol–water partition coefficient (Wildman–Crippen LogP) is 4.29. The van der Waals surface area contributed by atoms with Crippen LogP contribution in [-0.4, -0.2) is 22.8 Å². The number of para-hydroxylation sites is 1. The fourth-order valence-electron chi connectivity index (χ4n) is 3.35. The summed E-state index contributed by atoms with van der Waals surface area (Å²) >= 11 is 0. The van der Waals surface area contributed by atoms with Gasteiger partial charge in [0.1, 0.15) is 11.9 Å². The lowest BCUT2D eigenvalue weighted by atomic mass is 10.0. The quantitative estimate of drug-likeness (QED) is 0.451. The van der Waals surface area contributed by atoms with Gasteiger partial charge in [-0.2, -0.15) is 0 Å². The van der Waals surface area contributed by atoms with Crippen LogP contribution in [0.2, 0.25) is 0 Å². The van der Waals surface area contributed by atoms with Crippen LogP contribution >= 0.6 is 0 Å². The van der Waals surface area contributed by atoms with Gasteiger partial charge in [0, 0.05) is 18.0 Å². The average Bonchev–Trinajstić information content (AvgIpc) is 3.24. The zero-order valence-corrected chi connectivity index (χ0v) is 16.1. The highest BCUT2D eigenvalue weighted by Crippen LogP contribution is 2.22. The molecule has 4 rings (SSSR count). The monoisotopic (exact) mass is 401 g/mol. The number of amides is 2. The molecule has 150 valence electrons. The number of fused-ring (bicyclic) bond motifs is 1. The van der Waals surface area contributed by atoms with Gasteiger partial charge in [0.05, 0.1) is 16.8 Å². The molecule has 0 spiro atoms. The van der Waals surface area contributed by atoms with Crippen LogP contribution < -0.4 is 10.6 Å². The summed E-state index contributed by atoms with van der Waals surface area (Å²) < 4.78 is 14.0. The van der Waals surface area contributed by atoms with Crippen molar-refractivity contribution >= 4 is 28.4 Å². The SMILES string of the molecule is O=C(NC(Cc1ccccc1)C(=O)Nc1cccc2cc[nH]c12)c1ccccc1F. The lowest BCUT2D eigenvalue weighted by molar-refractivity contribution is -0.118. The third-order valence-corrected chi connectivity index (χ3v) is 4.87. The Hall–Kier alpha value is -3.93. The second kappa shape index (κ2) is 8.61. The van der Waals surface area contributed by atoms with Crippen molar-refractivity contribution in [1.29, 1.82) is 0 Å². The summed E-state index contributed by atoms with van der Waals surface area (Å²) in [6.45, 7) is 0. The lowest BCUT2D eigenvalue weighted by Gasteiger charge is -2.19. The molecule has 4 aromatic rings. The third kappa shape index (κ3) is 4.22. The first-order chi connectivity index (χ1) is 14.6. The van der Waals surface area contributed by atoms with E-state index in [-0.39, 0.29) is 17.9 Å². The van der Waals surface area contributed by atoms with E-state index in [4.69, 9.17) is 0 Å². The van der Waals surface area contributed by atoms with Gasteiger partial charge in [-0.15, -0.1) is 0 Å². The summed E-state index contributed by atoms with van der Waals surface area (Å²) in [4.78, 5) is 28.9. The molecule has 6 heteroatoms. The van der Waals surface area contributed by atoms with Crippen molar-refractivity contribution in [3.8, 4) is 0 Å². The third-order valence-electron chi connectivity index (χ3n) is 4.87. The van der Waals surface area contributed by atoms with Crippen LogP contribution in [-0.2, 0) is 11.2 Å². The molecule has 1 heterocycles. The van der Waals surface area contributed by atoms with E-state index in [9.17, 15) is 14.0 Å². The molecule has 0 aliphatic rings. The number of aromatic amines is 1. The van der Waals surface area contributed by atoms with E-state index in [2.05, 4.69) is 15.6 Å². The van der Waals surface area contributed by atoms with E-state index >= 15 is 0 Å². The maximum absolute atomic E-state index is 14.0. The fourth-order valence-corrected chi connectivity index (χ4v) is 3.35. The van der Waals surface area contributed by atoms with Gasteiger partial charge in [0.15, 0.2) is 0 Å². The minimum atomic E-state index is -0.885. The zero-order chi connectivity index (χ0) is 20.9. The van der Waals surface area contributed by atoms with Crippen LogP contribution in [0, 0.1) is 5.82 Å². The molecule has 2 amide bonds. The number of H-pyrrole nitrogens is 1. The van der Waals surface area contributed by atoms with Crippen LogP contribution in [0.25, 0.3) is 10.9 Å². The van der Waals surface area contributed by atoms with Gasteiger partial charge in [-0.05, 0) is 29.8 Å². The maximum atomic E-state index is 14.0. The number of halogens is 1. The number of hydrogen-bond acceptors (Lipinski definition) is 2. The summed E-state index contributed by atoms with van der Waals surface area (Å²) in [5.74, 6) is -1.65. The van der Waals surface area contributed by atoms with E-state index in [1.807, 2.05) is 48.5 Å². The van der Waals surface area contributed by atoms with Gasteiger partial charge < -0.3 is 15.6 Å². The Morgan fingerprint density at radius 1 is 0.900 bits per heavy atom. The minimum Gasteiger partial charge on any atom is -0.359 e. The van der Waals surface area contributed by atoms with Crippen molar-refractivity contribution in [3.05, 3.63) is 102 Å². The van der Waals surface area contributed by atoms with E-state index < -0.39 is 17.8 Å². The van der Waals surface area contributed by atoms with Crippen molar-refractivity contribution in [1.82, 2.24) is 10.3 Å². The molecular weight excluding hydrogens is 381 g/mol. The van der Waals surface area contributed by atoms with Gasteiger partial charge >= 0.3 is 0 Å². The Balaban J connectivity index is 1.59. The normalized spacial score (nSPS) is 11.8. The molecule has 5 nitrogen and oxygen atoms in total. The molecule has 3 N–H and O–H groups in total. The van der Waals surface area contributed by atoms with Gasteiger partial charge in [0.25, 0.3) is 5.91 Å². The number of nitrogens with one attached hydrogen (secondary N) is 3. The highest BCUT2D eigenvalue weighted by atomic mass is 19.1. The van der Waals surface area contributed by atoms with Crippen molar-refractivity contribution in [2.75, 3.05) is 5.32 Å². The molecule has 0 saturated heterocycles. The second-order valence-electron chi connectivity index (χ2n) is 6.93. The molecule has 0 saturated carbocycles. The number of anilines is 1. The molecular formula is C24H20FN3O2. The number of aromatic nitrogens is 1. The largest absolute Gasteiger partial charge is 0.359 e. The predicted molar refractivity (Wildman–Crippen MR) is 115 cm³/mol. The van der Waals surface area contributed by atoms with E-state index in [0.29, 0.717) is 5.69 Å². The van der Waals surface area contributed by atoms with Crippen molar-refractivity contribution in [3.63, 3.8) is 0 Å². The van der Waals surface area contributed by atoms with Gasteiger partial charge in [0.2, 0.25) is 5.91 Å². The topological polar surface area (TPSA) is 74.0 Å². The van der Waals surface area contributed by atoms with Crippen LogP contribution in [0.4, 0.5) is 10.1 Å². The van der Waals surface area contributed by atoms with Crippen LogP contribution in [0.3, 0.4) is 0 Å². The van der Waals surface area contributed by atoms with Gasteiger partial charge in [-0.1, -0.05) is 54.6 Å². The standard InChI is InChI=1S/C24H20FN3O2/c25-19-11-5-4-10-18(19)23(29)28-21(15-16-7-2-1-3-8-16)24(30)27-20-12-6-9-17-13-14-26-22(17)20/h1-14,21,26H,15H2,(H,27,30)(H,28,29). The van der Waals surface area contributed by atoms with E-state index in [1.165, 1.54) is 18.2 Å². The molecule has 0 aliphatic heterocycles. The molecule has 0 bridgehead atoms. The van der Waals surface area contributed by atoms with Crippen molar-refractivity contribution in [2.45, 2.75) is 12.5 Å². The first-order valence-electron chi connectivity index (χ1n) is 9.58. The summed E-state index contributed by atoms with van der Waals surface area (Å²) in [6.07, 6.45) is 2.06. The first-order valence-corrected chi connectivity index (χ1v) is 9.58. The Bertz CT molecular complexity index is 1190. The summed E-state index contributed by atoms with van der Waals surface area (Å²) in [5, 5.41) is 6.53. The number of carbonyl (C=O) groups is 2. The number of hydrogen-bond donors (Lipinski definition) is 3. The van der Waals surface area contributed by atoms with Gasteiger partial charge in [-0.25, -0.2) is 4.39 Å². The molecule has 1 unspecified atom stereocenters. The van der Waals surface area contributed by atoms with Crippen molar-refractivity contribution < 1.29 is 14.0 Å². The molecule has 3 aromatic carbocycles. The Morgan fingerprint density at radius 3 is 2.47 bits per heavy atom. The molecule has 0 aliphatic carbocycles. The maximum Gasteiger partial charge on any atom is 0.254 e. The first kappa shape index (κ1) is 19.4. The molecule has 0 fully saturated rings. The number of benzene rings is 3. The second-order valence-corrected chi connectivity index (χ2v) is 6.93. The lowest BCUT2D eigenvalue weighted by Crippen LogP contribution is -2.45. The molecule has 30 heavy (non-hydrogen) atoms. The Morgan fingerprint density at radius 2 is 1.67 bits per heavy atom. The van der Waals surface area contributed by atoms with Gasteiger partial charge in [-0.3, -0.25) is 9.59 Å². The van der Waals surface area contributed by atoms with Crippen LogP contribution in [0.15, 0.2) is 85.1 Å². The fraction of sp³-hybridized carbons (Fsp3) is 0.0833. The highest BCUT2D eigenvalue weighted by molar-refractivity contribution is 6.05. The number of carbonyl (C=O) groups excluding carboxylic acids is 2. The summed E-state index contributed by atoms with van der Waals surface area (Å²) in [6, 6.07) is 21.6. The zero-order valence-electron chi connectivity index (χ0n) is 16.1. The molecule has 0 radical (unpaired) electrons. The molecule has 1 aromatic heterocycles. The van der Waals surface area contributed by atoms with Crippen LogP contribution in [0.5, 0.6) is 0 Å². The smallest absolute Gasteiger partial charge is 0.254 e. The van der Waals surface area contributed by atoms with Crippen LogP contribution in [0.1, 0.15) is 15.9 Å². The Kier molecular flexibility index (Phi) is 5.57. The molecule has 1 atom stereocenters. The number of rotatable bonds is 6.